The van der Waals surface area contributed by atoms with E-state index < -0.39 is 0 Å². The maximum absolute atomic E-state index is 13.0. The van der Waals surface area contributed by atoms with Gasteiger partial charge >= 0.3 is 0 Å². The highest BCUT2D eigenvalue weighted by Gasteiger charge is 2.33. The summed E-state index contributed by atoms with van der Waals surface area (Å²) in [5.74, 6) is 0.0530. The standard InChI is InChI=1S/C23H24ClN5O4/c1-29(15-6-5-14(12-15)25-21(30)19-3-2-10-32-19)23(31)18-9-8-17(27-28-18)22-26-16-7-4-13(24)11-20(16)33-22/h4,7-9,11,14-15,19H,2-3,5-6,10,12H2,1H3,(H,25,30)/t14-,15+,19?/m0/s1. The predicted octanol–water partition coefficient (Wildman–Crippen LogP) is 3.23. The van der Waals surface area contributed by atoms with E-state index >= 15 is 0 Å². The quantitative estimate of drug-likeness (QED) is 0.610. The van der Waals surface area contributed by atoms with Crippen molar-refractivity contribution >= 4 is 34.5 Å². The van der Waals surface area contributed by atoms with E-state index in [0.717, 1.165) is 25.7 Å². The molecule has 1 aromatic carbocycles. The number of aromatic nitrogens is 3. The van der Waals surface area contributed by atoms with Crippen molar-refractivity contribution in [1.29, 1.82) is 0 Å². The Balaban J connectivity index is 1.21. The van der Waals surface area contributed by atoms with E-state index in [4.69, 9.17) is 20.8 Å². The van der Waals surface area contributed by atoms with Gasteiger partial charge in [-0.05, 0) is 56.4 Å². The SMILES string of the molecule is CN(C(=O)c1ccc(-c2nc3ccc(Cl)cc3o2)nn1)[C@@H]1CC[C@H](NC(=O)C2CCCO2)C1. The maximum atomic E-state index is 13.0. The third-order valence-corrected chi connectivity index (χ3v) is 6.53. The summed E-state index contributed by atoms with van der Waals surface area (Å²) in [7, 11) is 1.76. The van der Waals surface area contributed by atoms with Crippen LogP contribution in [0.25, 0.3) is 22.7 Å². The molecule has 0 spiro atoms. The van der Waals surface area contributed by atoms with Crippen LogP contribution in [0.1, 0.15) is 42.6 Å². The van der Waals surface area contributed by atoms with E-state index in [2.05, 4.69) is 20.5 Å². The first-order chi connectivity index (χ1) is 16.0. The van der Waals surface area contributed by atoms with Crippen molar-refractivity contribution in [3.05, 3.63) is 41.0 Å². The summed E-state index contributed by atoms with van der Waals surface area (Å²) in [5.41, 5.74) is 1.89. The summed E-state index contributed by atoms with van der Waals surface area (Å²) in [6, 6.07) is 8.54. The van der Waals surface area contributed by atoms with Crippen molar-refractivity contribution in [2.45, 2.75) is 50.3 Å². The highest BCUT2D eigenvalue weighted by molar-refractivity contribution is 6.31. The second-order valence-electron chi connectivity index (χ2n) is 8.52. The van der Waals surface area contributed by atoms with Gasteiger partial charge in [0.2, 0.25) is 11.8 Å². The summed E-state index contributed by atoms with van der Waals surface area (Å²) >= 11 is 5.99. The molecule has 2 aromatic heterocycles. The van der Waals surface area contributed by atoms with Gasteiger partial charge in [-0.1, -0.05) is 11.6 Å². The third kappa shape index (κ3) is 4.56. The van der Waals surface area contributed by atoms with Gasteiger partial charge in [-0.25, -0.2) is 4.98 Å². The fourth-order valence-corrected chi connectivity index (χ4v) is 4.60. The fraction of sp³-hybridized carbons (Fsp3) is 0.435. The van der Waals surface area contributed by atoms with Gasteiger partial charge in [-0.2, -0.15) is 0 Å². The highest BCUT2D eigenvalue weighted by Crippen LogP contribution is 2.27. The van der Waals surface area contributed by atoms with Crippen LogP contribution < -0.4 is 5.32 Å². The summed E-state index contributed by atoms with van der Waals surface area (Å²) in [4.78, 5) is 31.3. The molecule has 5 rings (SSSR count). The molecule has 1 N–H and O–H groups in total. The Labute approximate surface area is 195 Å². The number of rotatable bonds is 5. The van der Waals surface area contributed by atoms with Gasteiger partial charge in [0.1, 0.15) is 17.3 Å². The van der Waals surface area contributed by atoms with Crippen LogP contribution in [-0.2, 0) is 9.53 Å². The lowest BCUT2D eigenvalue weighted by molar-refractivity contribution is -0.130. The zero-order valence-corrected chi connectivity index (χ0v) is 18.9. The Morgan fingerprint density at radius 2 is 2.03 bits per heavy atom. The molecular formula is C23H24ClN5O4. The Kier molecular flexibility index (Phi) is 5.99. The number of ether oxygens (including phenoxy) is 1. The van der Waals surface area contributed by atoms with Crippen LogP contribution in [0, 0.1) is 0 Å². The van der Waals surface area contributed by atoms with E-state index in [9.17, 15) is 9.59 Å². The smallest absolute Gasteiger partial charge is 0.274 e. The van der Waals surface area contributed by atoms with E-state index in [1.54, 1.807) is 42.3 Å². The molecule has 3 aromatic rings. The van der Waals surface area contributed by atoms with Crippen molar-refractivity contribution < 1.29 is 18.7 Å². The number of oxazole rings is 1. The number of amides is 2. The van der Waals surface area contributed by atoms with Crippen LogP contribution in [-0.4, -0.2) is 63.7 Å². The number of fused-ring (bicyclic) bond motifs is 1. The number of halogens is 1. The number of benzene rings is 1. The molecule has 3 heterocycles. The molecule has 0 bridgehead atoms. The first-order valence-corrected chi connectivity index (χ1v) is 11.4. The van der Waals surface area contributed by atoms with E-state index in [1.807, 2.05) is 0 Å². The highest BCUT2D eigenvalue weighted by atomic mass is 35.5. The average Bonchev–Trinajstić information content (AvgIpc) is 3.58. The number of hydrogen-bond acceptors (Lipinski definition) is 7. The summed E-state index contributed by atoms with van der Waals surface area (Å²) in [5, 5.41) is 11.9. The molecule has 1 aliphatic heterocycles. The summed E-state index contributed by atoms with van der Waals surface area (Å²) < 4.78 is 11.2. The summed E-state index contributed by atoms with van der Waals surface area (Å²) in [6.07, 6.45) is 3.70. The topological polar surface area (TPSA) is 110 Å². The van der Waals surface area contributed by atoms with Gasteiger partial charge in [-0.3, -0.25) is 9.59 Å². The summed E-state index contributed by atoms with van der Waals surface area (Å²) in [6.45, 7) is 0.642. The van der Waals surface area contributed by atoms with Gasteiger partial charge in [0.05, 0.1) is 0 Å². The van der Waals surface area contributed by atoms with Gasteiger partial charge in [0.15, 0.2) is 11.3 Å². The van der Waals surface area contributed by atoms with Crippen molar-refractivity contribution in [2.75, 3.05) is 13.7 Å². The molecule has 33 heavy (non-hydrogen) atoms. The predicted molar refractivity (Wildman–Crippen MR) is 121 cm³/mol. The minimum atomic E-state index is -0.338. The van der Waals surface area contributed by atoms with Crippen molar-refractivity contribution in [1.82, 2.24) is 25.4 Å². The van der Waals surface area contributed by atoms with Gasteiger partial charge in [-0.15, -0.1) is 10.2 Å². The Morgan fingerprint density at radius 1 is 1.15 bits per heavy atom. The minimum Gasteiger partial charge on any atom is -0.435 e. The van der Waals surface area contributed by atoms with Crippen molar-refractivity contribution in [2.24, 2.45) is 0 Å². The second kappa shape index (κ2) is 9.07. The average molecular weight is 470 g/mol. The number of nitrogens with zero attached hydrogens (tertiary/aromatic N) is 4. The Hall–Kier alpha value is -3.04. The first-order valence-electron chi connectivity index (χ1n) is 11.1. The zero-order chi connectivity index (χ0) is 22.9. The molecule has 0 radical (unpaired) electrons. The van der Waals surface area contributed by atoms with Gasteiger partial charge < -0.3 is 19.4 Å². The van der Waals surface area contributed by atoms with Gasteiger partial charge in [0, 0.05) is 36.8 Å². The van der Waals surface area contributed by atoms with Crippen molar-refractivity contribution in [3.8, 4) is 11.6 Å². The van der Waals surface area contributed by atoms with Crippen LogP contribution in [0.2, 0.25) is 5.02 Å². The lowest BCUT2D eigenvalue weighted by atomic mass is 10.1. The molecule has 1 saturated heterocycles. The molecule has 2 aliphatic rings. The first kappa shape index (κ1) is 21.8. The van der Waals surface area contributed by atoms with Crippen LogP contribution in [0.15, 0.2) is 34.7 Å². The Morgan fingerprint density at radius 3 is 2.79 bits per heavy atom. The lowest BCUT2D eigenvalue weighted by Gasteiger charge is -2.24. The molecule has 9 nitrogen and oxygen atoms in total. The van der Waals surface area contributed by atoms with Crippen LogP contribution >= 0.6 is 11.6 Å². The largest absolute Gasteiger partial charge is 0.435 e. The fourth-order valence-electron chi connectivity index (χ4n) is 4.43. The molecule has 2 fully saturated rings. The molecule has 1 saturated carbocycles. The number of carbonyl (C=O) groups excluding carboxylic acids is 2. The minimum absolute atomic E-state index is 0.0237. The molecular weight excluding hydrogens is 446 g/mol. The van der Waals surface area contributed by atoms with Crippen LogP contribution in [0.5, 0.6) is 0 Å². The lowest BCUT2D eigenvalue weighted by Crippen LogP contribution is -2.42. The number of carbonyl (C=O) groups is 2. The molecule has 3 atom stereocenters. The second-order valence-corrected chi connectivity index (χ2v) is 8.96. The zero-order valence-electron chi connectivity index (χ0n) is 18.2. The number of hydrogen-bond donors (Lipinski definition) is 1. The third-order valence-electron chi connectivity index (χ3n) is 6.29. The monoisotopic (exact) mass is 469 g/mol. The molecule has 172 valence electrons. The molecule has 2 amide bonds. The van der Waals surface area contributed by atoms with E-state index in [-0.39, 0.29) is 35.7 Å². The maximum Gasteiger partial charge on any atom is 0.274 e. The van der Waals surface area contributed by atoms with Crippen molar-refractivity contribution in [3.63, 3.8) is 0 Å². The van der Waals surface area contributed by atoms with E-state index in [0.29, 0.717) is 40.7 Å². The van der Waals surface area contributed by atoms with E-state index in [1.165, 1.54) is 0 Å². The number of nitrogens with one attached hydrogen (secondary N) is 1. The van der Waals surface area contributed by atoms with Crippen LogP contribution in [0.3, 0.4) is 0 Å². The Bertz CT molecular complexity index is 1180. The normalized spacial score (nSPS) is 22.5. The molecule has 1 aliphatic carbocycles. The molecule has 1 unspecified atom stereocenters. The van der Waals surface area contributed by atoms with Crippen LogP contribution in [0.4, 0.5) is 0 Å². The van der Waals surface area contributed by atoms with Gasteiger partial charge in [0.25, 0.3) is 5.91 Å². The molecule has 10 heteroatoms.